The smallest absolute Gasteiger partial charge is 0.411 e. The van der Waals surface area contributed by atoms with Crippen LogP contribution in [0, 0.1) is 0 Å². The van der Waals surface area contributed by atoms with Crippen molar-refractivity contribution in [3.8, 4) is 0 Å². The first-order valence-corrected chi connectivity index (χ1v) is 4.60. The van der Waals surface area contributed by atoms with Crippen molar-refractivity contribution in [1.29, 1.82) is 0 Å². The molecule has 0 bridgehead atoms. The van der Waals surface area contributed by atoms with E-state index in [1.807, 2.05) is 24.3 Å². The molecule has 0 aliphatic carbocycles. The highest BCUT2D eigenvalue weighted by Crippen LogP contribution is 2.06. The lowest BCUT2D eigenvalue weighted by Crippen LogP contribution is -2.16. The lowest BCUT2D eigenvalue weighted by molar-refractivity contribution is 0.168. The third-order valence-electron chi connectivity index (χ3n) is 1.47. The van der Waals surface area contributed by atoms with Crippen LogP contribution in [-0.4, -0.2) is 12.7 Å². The fourth-order valence-electron chi connectivity index (χ4n) is 0.888. The zero-order valence-corrected chi connectivity index (χ0v) is 8.57. The SMILES string of the molecule is CCOC(=O)Nc1ccccc1P. The van der Waals surface area contributed by atoms with Gasteiger partial charge in [-0.15, -0.1) is 9.24 Å². The molecule has 13 heavy (non-hydrogen) atoms. The maximum atomic E-state index is 11.0. The molecule has 0 aliphatic rings. The maximum absolute atomic E-state index is 11.0. The molecule has 1 amide bonds. The molecule has 1 unspecified atom stereocenters. The molecule has 0 fully saturated rings. The van der Waals surface area contributed by atoms with Gasteiger partial charge in [0.1, 0.15) is 0 Å². The van der Waals surface area contributed by atoms with Crippen molar-refractivity contribution in [2.75, 3.05) is 11.9 Å². The number of hydrogen-bond acceptors (Lipinski definition) is 2. The highest BCUT2D eigenvalue weighted by Gasteiger charge is 2.02. The summed E-state index contributed by atoms with van der Waals surface area (Å²) in [6.07, 6.45) is -0.419. The monoisotopic (exact) mass is 197 g/mol. The molecular formula is C9H12NO2P. The molecule has 70 valence electrons. The Balaban J connectivity index is 2.63. The predicted octanol–water partition coefficient (Wildman–Crippen LogP) is 1.76. The van der Waals surface area contributed by atoms with Crippen molar-refractivity contribution in [1.82, 2.24) is 0 Å². The van der Waals surface area contributed by atoms with Crippen LogP contribution in [0.5, 0.6) is 0 Å². The van der Waals surface area contributed by atoms with E-state index in [1.165, 1.54) is 0 Å². The molecule has 1 rings (SSSR count). The first-order chi connectivity index (χ1) is 6.24. The maximum Gasteiger partial charge on any atom is 0.411 e. The van der Waals surface area contributed by atoms with Crippen LogP contribution < -0.4 is 10.6 Å². The number of nitrogens with one attached hydrogen (secondary N) is 1. The molecule has 1 atom stereocenters. The van der Waals surface area contributed by atoms with Gasteiger partial charge in [-0.2, -0.15) is 0 Å². The lowest BCUT2D eigenvalue weighted by atomic mass is 10.3. The minimum absolute atomic E-state index is 0.380. The Kier molecular flexibility index (Phi) is 3.71. The van der Waals surface area contributed by atoms with Crippen molar-refractivity contribution in [3.05, 3.63) is 24.3 Å². The van der Waals surface area contributed by atoms with Crippen LogP contribution in [0.15, 0.2) is 24.3 Å². The number of rotatable bonds is 2. The summed E-state index contributed by atoms with van der Waals surface area (Å²) < 4.78 is 4.74. The molecule has 0 heterocycles. The van der Waals surface area contributed by atoms with E-state index in [0.717, 1.165) is 11.0 Å². The topological polar surface area (TPSA) is 38.3 Å². The molecule has 1 aromatic rings. The van der Waals surface area contributed by atoms with E-state index in [-0.39, 0.29) is 0 Å². The molecule has 0 saturated carbocycles. The van der Waals surface area contributed by atoms with Crippen LogP contribution in [0.3, 0.4) is 0 Å². The van der Waals surface area contributed by atoms with Gasteiger partial charge in [-0.3, -0.25) is 5.32 Å². The molecular weight excluding hydrogens is 185 g/mol. The number of hydrogen-bond donors (Lipinski definition) is 1. The molecule has 0 aliphatic heterocycles. The van der Waals surface area contributed by atoms with Gasteiger partial charge in [0.15, 0.2) is 0 Å². The quantitative estimate of drug-likeness (QED) is 0.733. The van der Waals surface area contributed by atoms with E-state index in [9.17, 15) is 4.79 Å². The standard InChI is InChI=1S/C9H12NO2P/c1-2-12-9(11)10-7-5-3-4-6-8(7)13/h3-6H,2,13H2,1H3,(H,10,11). The largest absolute Gasteiger partial charge is 0.450 e. The lowest BCUT2D eigenvalue weighted by Gasteiger charge is -2.06. The number of ether oxygens (including phenoxy) is 1. The first kappa shape index (κ1) is 10.0. The first-order valence-electron chi connectivity index (χ1n) is 4.02. The van der Waals surface area contributed by atoms with Gasteiger partial charge < -0.3 is 4.74 Å². The molecule has 0 aromatic heterocycles. The molecule has 1 N–H and O–H groups in total. The summed E-state index contributed by atoms with van der Waals surface area (Å²) in [4.78, 5) is 11.0. The van der Waals surface area contributed by atoms with Gasteiger partial charge in [-0.1, -0.05) is 18.2 Å². The van der Waals surface area contributed by atoms with Gasteiger partial charge >= 0.3 is 6.09 Å². The Hall–Kier alpha value is -1.08. The second kappa shape index (κ2) is 4.83. The summed E-state index contributed by atoms with van der Waals surface area (Å²) in [6.45, 7) is 2.15. The summed E-state index contributed by atoms with van der Waals surface area (Å²) in [5.41, 5.74) is 0.756. The Morgan fingerprint density at radius 2 is 2.23 bits per heavy atom. The Morgan fingerprint density at radius 1 is 1.54 bits per heavy atom. The highest BCUT2D eigenvalue weighted by molar-refractivity contribution is 7.28. The van der Waals surface area contributed by atoms with Gasteiger partial charge in [-0.25, -0.2) is 4.79 Å². The highest BCUT2D eigenvalue weighted by atomic mass is 31.0. The summed E-state index contributed by atoms with van der Waals surface area (Å²) in [5.74, 6) is 0. The third-order valence-corrected chi connectivity index (χ3v) is 1.98. The van der Waals surface area contributed by atoms with Crippen molar-refractivity contribution < 1.29 is 9.53 Å². The number of para-hydroxylation sites is 1. The third kappa shape index (κ3) is 3.03. The Morgan fingerprint density at radius 3 is 2.85 bits per heavy atom. The van der Waals surface area contributed by atoms with Crippen LogP contribution in [0.1, 0.15) is 6.92 Å². The second-order valence-electron chi connectivity index (χ2n) is 2.43. The molecule has 3 nitrogen and oxygen atoms in total. The van der Waals surface area contributed by atoms with E-state index in [2.05, 4.69) is 14.6 Å². The summed E-state index contributed by atoms with van der Waals surface area (Å²) in [6, 6.07) is 7.47. The molecule has 0 radical (unpaired) electrons. The Bertz CT molecular complexity index is 301. The number of benzene rings is 1. The van der Waals surface area contributed by atoms with E-state index in [0.29, 0.717) is 6.61 Å². The van der Waals surface area contributed by atoms with Gasteiger partial charge in [0.05, 0.1) is 12.3 Å². The van der Waals surface area contributed by atoms with E-state index < -0.39 is 6.09 Å². The normalized spacial score (nSPS) is 9.38. The van der Waals surface area contributed by atoms with E-state index in [4.69, 9.17) is 4.74 Å². The number of carbonyl (C=O) groups excluding carboxylic acids is 1. The zero-order chi connectivity index (χ0) is 9.68. The number of amides is 1. The molecule has 4 heteroatoms. The van der Waals surface area contributed by atoms with Crippen molar-refractivity contribution in [2.45, 2.75) is 6.92 Å². The second-order valence-corrected chi connectivity index (χ2v) is 3.05. The fourth-order valence-corrected chi connectivity index (χ4v) is 1.17. The number of carbonyl (C=O) groups is 1. The average Bonchev–Trinajstić information content (AvgIpc) is 2.09. The fraction of sp³-hybridized carbons (Fsp3) is 0.222. The van der Waals surface area contributed by atoms with E-state index >= 15 is 0 Å². The van der Waals surface area contributed by atoms with Gasteiger partial charge in [0.25, 0.3) is 0 Å². The molecule has 1 aromatic carbocycles. The summed E-state index contributed by atoms with van der Waals surface area (Å²) >= 11 is 0. The van der Waals surface area contributed by atoms with Crippen LogP contribution in [0.25, 0.3) is 0 Å². The Labute approximate surface area is 79.7 Å². The van der Waals surface area contributed by atoms with Crippen LogP contribution in [-0.2, 0) is 4.74 Å². The van der Waals surface area contributed by atoms with Crippen LogP contribution >= 0.6 is 9.24 Å². The van der Waals surface area contributed by atoms with Crippen molar-refractivity contribution >= 4 is 26.3 Å². The van der Waals surface area contributed by atoms with Crippen LogP contribution in [0.4, 0.5) is 10.5 Å². The molecule has 0 saturated heterocycles. The van der Waals surface area contributed by atoms with E-state index in [1.54, 1.807) is 6.92 Å². The van der Waals surface area contributed by atoms with Gasteiger partial charge in [0.2, 0.25) is 0 Å². The van der Waals surface area contributed by atoms with Gasteiger partial charge in [0, 0.05) is 0 Å². The van der Waals surface area contributed by atoms with Crippen molar-refractivity contribution in [3.63, 3.8) is 0 Å². The van der Waals surface area contributed by atoms with Gasteiger partial charge in [-0.05, 0) is 18.3 Å². The minimum atomic E-state index is -0.419. The predicted molar refractivity (Wildman–Crippen MR) is 56.4 cm³/mol. The molecule has 0 spiro atoms. The minimum Gasteiger partial charge on any atom is -0.450 e. The average molecular weight is 197 g/mol. The van der Waals surface area contributed by atoms with Crippen molar-refractivity contribution in [2.24, 2.45) is 0 Å². The summed E-state index contributed by atoms with van der Waals surface area (Å²) in [7, 11) is 2.54. The number of anilines is 1. The van der Waals surface area contributed by atoms with Crippen LogP contribution in [0.2, 0.25) is 0 Å². The summed E-state index contributed by atoms with van der Waals surface area (Å²) in [5, 5.41) is 3.57. The zero-order valence-electron chi connectivity index (χ0n) is 7.41.